The molecule has 0 aliphatic carbocycles. The van der Waals surface area contributed by atoms with Crippen molar-refractivity contribution in [3.05, 3.63) is 164 Å². The number of fused-ring (bicyclic) bond motifs is 5. The zero-order valence-corrected chi connectivity index (χ0v) is 23.8. The first-order valence-electron chi connectivity index (χ1n) is 14.3. The van der Waals surface area contributed by atoms with E-state index in [1.165, 1.54) is 58.9 Å². The molecule has 8 rings (SSSR count). The van der Waals surface area contributed by atoms with E-state index in [4.69, 9.17) is 0 Å². The van der Waals surface area contributed by atoms with E-state index >= 15 is 0 Å². The molecule has 0 saturated carbocycles. The van der Waals surface area contributed by atoms with Crippen molar-refractivity contribution in [1.29, 1.82) is 0 Å². The molecule has 198 valence electrons. The molecule has 0 unspecified atom stereocenters. The van der Waals surface area contributed by atoms with Gasteiger partial charge in [-0.3, -0.25) is 0 Å². The lowest BCUT2D eigenvalue weighted by Crippen LogP contribution is -2.11. The summed E-state index contributed by atoms with van der Waals surface area (Å²) in [6, 6.07) is 59.1. The van der Waals surface area contributed by atoms with E-state index in [1.54, 1.807) is 0 Å². The van der Waals surface area contributed by atoms with Gasteiger partial charge in [0.1, 0.15) is 0 Å². The van der Waals surface area contributed by atoms with Crippen LogP contribution in [0.1, 0.15) is 0 Å². The summed E-state index contributed by atoms with van der Waals surface area (Å²) in [6.07, 6.45) is 0. The quantitative estimate of drug-likeness (QED) is 0.205. The minimum Gasteiger partial charge on any atom is -0.309 e. The summed E-state index contributed by atoms with van der Waals surface area (Å²) in [5.41, 5.74) is 8.31. The molecular weight excluding hydrogens is 527 g/mol. The summed E-state index contributed by atoms with van der Waals surface area (Å²) < 4.78 is 2.63. The van der Waals surface area contributed by atoms with Crippen molar-refractivity contribution in [3.63, 3.8) is 0 Å². The Balaban J connectivity index is 1.45. The van der Waals surface area contributed by atoms with Crippen molar-refractivity contribution in [2.24, 2.45) is 0 Å². The van der Waals surface area contributed by atoms with Gasteiger partial charge in [0.05, 0.1) is 11.4 Å². The molecule has 0 saturated heterocycles. The fourth-order valence-corrected chi connectivity index (χ4v) is 7.35. The highest BCUT2D eigenvalue weighted by molar-refractivity contribution is 7.26. The monoisotopic (exact) mass is 553 g/mol. The van der Waals surface area contributed by atoms with Gasteiger partial charge >= 0.3 is 0 Å². The minimum absolute atomic E-state index is 1.13. The molecule has 0 N–H and O–H groups in total. The maximum Gasteiger partial charge on any atom is 0.0561 e. The Morgan fingerprint density at radius 3 is 1.81 bits per heavy atom. The van der Waals surface area contributed by atoms with Crippen molar-refractivity contribution < 1.29 is 0 Å². The summed E-state index contributed by atoms with van der Waals surface area (Å²) in [6.45, 7) is 0. The highest BCUT2D eigenvalue weighted by Crippen LogP contribution is 2.49. The van der Waals surface area contributed by atoms with Crippen molar-refractivity contribution in [2.75, 3.05) is 4.90 Å². The first-order chi connectivity index (χ1) is 20.8. The molecule has 0 aliphatic heterocycles. The molecule has 1 aromatic heterocycles. The highest BCUT2D eigenvalue weighted by Gasteiger charge is 2.22. The van der Waals surface area contributed by atoms with Crippen molar-refractivity contribution in [2.45, 2.75) is 0 Å². The lowest BCUT2D eigenvalue weighted by atomic mass is 9.98. The number of nitrogens with zero attached hydrogens (tertiary/aromatic N) is 1. The van der Waals surface area contributed by atoms with E-state index in [9.17, 15) is 0 Å². The molecule has 1 heterocycles. The predicted molar refractivity (Wildman–Crippen MR) is 182 cm³/mol. The standard InChI is InChI=1S/C40H27NS/c1-3-13-28(14-4-1)29-23-25-32(26-24-29)41(36-21-11-9-18-33(36)30-15-5-2-6-16-30)37-27-31-17-7-8-19-34(31)40-39(37)35-20-10-12-22-38(35)42-40/h1-27H. The topological polar surface area (TPSA) is 3.24 Å². The zero-order chi connectivity index (χ0) is 27.9. The van der Waals surface area contributed by atoms with E-state index in [0.29, 0.717) is 0 Å². The largest absolute Gasteiger partial charge is 0.309 e. The van der Waals surface area contributed by atoms with Crippen LogP contribution in [0.5, 0.6) is 0 Å². The van der Waals surface area contributed by atoms with Crippen LogP contribution in [0.25, 0.3) is 53.2 Å². The molecule has 2 heteroatoms. The van der Waals surface area contributed by atoms with Gasteiger partial charge < -0.3 is 4.90 Å². The molecule has 7 aromatic carbocycles. The van der Waals surface area contributed by atoms with Crippen LogP contribution in [0.3, 0.4) is 0 Å². The summed E-state index contributed by atoms with van der Waals surface area (Å²) in [5, 5.41) is 5.13. The molecule has 0 bridgehead atoms. The lowest BCUT2D eigenvalue weighted by molar-refractivity contribution is 1.30. The van der Waals surface area contributed by atoms with Crippen LogP contribution in [-0.2, 0) is 0 Å². The summed E-state index contributed by atoms with van der Waals surface area (Å²) in [4.78, 5) is 2.46. The van der Waals surface area contributed by atoms with Crippen LogP contribution in [-0.4, -0.2) is 0 Å². The predicted octanol–water partition coefficient (Wildman–Crippen LogP) is 12.0. The molecule has 0 spiro atoms. The van der Waals surface area contributed by atoms with Gasteiger partial charge in [-0.15, -0.1) is 11.3 Å². The lowest BCUT2D eigenvalue weighted by Gasteiger charge is -2.29. The van der Waals surface area contributed by atoms with Gasteiger partial charge in [-0.1, -0.05) is 133 Å². The zero-order valence-electron chi connectivity index (χ0n) is 22.9. The molecule has 0 atom stereocenters. The van der Waals surface area contributed by atoms with E-state index in [1.807, 2.05) is 11.3 Å². The van der Waals surface area contributed by atoms with Crippen molar-refractivity contribution in [3.8, 4) is 22.3 Å². The molecule has 0 aliphatic rings. The van der Waals surface area contributed by atoms with Gasteiger partial charge in [-0.25, -0.2) is 0 Å². The van der Waals surface area contributed by atoms with Gasteiger partial charge in [0.15, 0.2) is 0 Å². The van der Waals surface area contributed by atoms with Crippen LogP contribution < -0.4 is 4.90 Å². The summed E-state index contributed by atoms with van der Waals surface area (Å²) >= 11 is 1.89. The normalized spacial score (nSPS) is 11.3. The van der Waals surface area contributed by atoms with Crippen LogP contribution >= 0.6 is 11.3 Å². The highest BCUT2D eigenvalue weighted by atomic mass is 32.1. The molecule has 0 fully saturated rings. The van der Waals surface area contributed by atoms with Gasteiger partial charge in [-0.05, 0) is 57.8 Å². The third-order valence-electron chi connectivity index (χ3n) is 8.05. The average molecular weight is 554 g/mol. The number of para-hydroxylation sites is 1. The van der Waals surface area contributed by atoms with Crippen LogP contribution in [0.2, 0.25) is 0 Å². The van der Waals surface area contributed by atoms with Gasteiger partial charge in [-0.2, -0.15) is 0 Å². The van der Waals surface area contributed by atoms with Gasteiger partial charge in [0.2, 0.25) is 0 Å². The van der Waals surface area contributed by atoms with Crippen molar-refractivity contribution >= 4 is 59.3 Å². The van der Waals surface area contributed by atoms with Crippen LogP contribution in [0, 0.1) is 0 Å². The molecule has 42 heavy (non-hydrogen) atoms. The number of hydrogen-bond acceptors (Lipinski definition) is 2. The van der Waals surface area contributed by atoms with Gasteiger partial charge in [0.25, 0.3) is 0 Å². The second-order valence-corrected chi connectivity index (χ2v) is 11.6. The SMILES string of the molecule is c1ccc(-c2ccc(N(c3ccccc3-c3ccccc3)c3cc4ccccc4c4sc5ccccc5c34)cc2)cc1. The number of thiophene rings is 1. The Morgan fingerprint density at radius 2 is 1.02 bits per heavy atom. The third-order valence-corrected chi connectivity index (χ3v) is 9.26. The Hall–Kier alpha value is -5.18. The Labute approximate surface area is 249 Å². The molecule has 1 nitrogen and oxygen atoms in total. The molecule has 0 amide bonds. The van der Waals surface area contributed by atoms with E-state index in [0.717, 1.165) is 11.4 Å². The van der Waals surface area contributed by atoms with E-state index in [-0.39, 0.29) is 0 Å². The molecule has 0 radical (unpaired) electrons. The second-order valence-electron chi connectivity index (χ2n) is 10.6. The first-order valence-corrected chi connectivity index (χ1v) is 15.1. The smallest absolute Gasteiger partial charge is 0.0561 e. The van der Waals surface area contributed by atoms with Crippen LogP contribution in [0.15, 0.2) is 164 Å². The third kappa shape index (κ3) is 4.16. The fraction of sp³-hybridized carbons (Fsp3) is 0. The Bertz CT molecular complexity index is 2180. The number of anilines is 3. The van der Waals surface area contributed by atoms with Gasteiger partial charge in [0, 0.05) is 31.4 Å². The summed E-state index contributed by atoms with van der Waals surface area (Å²) in [7, 11) is 0. The average Bonchev–Trinajstić information content (AvgIpc) is 3.47. The number of benzene rings is 7. The van der Waals surface area contributed by atoms with E-state index < -0.39 is 0 Å². The first kappa shape index (κ1) is 24.6. The van der Waals surface area contributed by atoms with E-state index in [2.05, 4.69) is 169 Å². The minimum atomic E-state index is 1.13. The second kappa shape index (κ2) is 10.3. The Kier molecular flexibility index (Phi) is 6.05. The molecule has 8 aromatic rings. The Morgan fingerprint density at radius 1 is 0.429 bits per heavy atom. The molecular formula is C40H27NS. The fourth-order valence-electron chi connectivity index (χ4n) is 6.09. The summed E-state index contributed by atoms with van der Waals surface area (Å²) in [5.74, 6) is 0. The van der Waals surface area contributed by atoms with Crippen molar-refractivity contribution in [1.82, 2.24) is 0 Å². The maximum absolute atomic E-state index is 2.46. The number of hydrogen-bond donors (Lipinski definition) is 0. The number of rotatable bonds is 5. The maximum atomic E-state index is 2.46. The van der Waals surface area contributed by atoms with Crippen LogP contribution in [0.4, 0.5) is 17.1 Å².